The molecule has 0 spiro atoms. The number of nitrogens with zero attached hydrogens (tertiary/aromatic N) is 4. The summed E-state index contributed by atoms with van der Waals surface area (Å²) < 4.78 is 3.99. The molecule has 2 heterocycles. The lowest BCUT2D eigenvalue weighted by Crippen LogP contribution is -2.34. The molecule has 5 heteroatoms. The molecular formula is C12H19N5. The highest BCUT2D eigenvalue weighted by atomic mass is 15.3. The maximum absolute atomic E-state index is 4.29. The normalized spacial score (nSPS) is 14.8. The minimum Gasteiger partial charge on any atom is -0.337 e. The summed E-state index contributed by atoms with van der Waals surface area (Å²) in [6, 6.07) is 2.61. The van der Waals surface area contributed by atoms with Gasteiger partial charge in [-0.2, -0.15) is 5.10 Å². The quantitative estimate of drug-likeness (QED) is 0.848. The summed E-state index contributed by atoms with van der Waals surface area (Å²) in [5.74, 6) is 1.05. The van der Waals surface area contributed by atoms with Gasteiger partial charge in [-0.25, -0.2) is 4.98 Å². The highest BCUT2D eigenvalue weighted by Crippen LogP contribution is 2.09. The van der Waals surface area contributed by atoms with Crippen LogP contribution in [0.1, 0.15) is 25.7 Å². The second-order valence-corrected chi connectivity index (χ2v) is 4.35. The first kappa shape index (κ1) is 11.9. The Kier molecular flexibility index (Phi) is 3.58. The van der Waals surface area contributed by atoms with Crippen molar-refractivity contribution in [2.24, 2.45) is 7.05 Å². The molecular weight excluding hydrogens is 214 g/mol. The summed E-state index contributed by atoms with van der Waals surface area (Å²) in [4.78, 5) is 4.29. The molecule has 0 amide bonds. The van der Waals surface area contributed by atoms with Crippen LogP contribution in [0.15, 0.2) is 30.9 Å². The van der Waals surface area contributed by atoms with E-state index in [0.717, 1.165) is 12.4 Å². The zero-order valence-corrected chi connectivity index (χ0v) is 10.5. The molecule has 92 valence electrons. The molecule has 1 N–H and O–H groups in total. The second-order valence-electron chi connectivity index (χ2n) is 4.35. The lowest BCUT2D eigenvalue weighted by atomic mass is 10.2. The number of rotatable bonds is 5. The van der Waals surface area contributed by atoms with Crippen molar-refractivity contribution in [3.8, 4) is 0 Å². The maximum atomic E-state index is 4.29. The van der Waals surface area contributed by atoms with Crippen molar-refractivity contribution in [2.75, 3.05) is 0 Å². The van der Waals surface area contributed by atoms with Gasteiger partial charge in [-0.05, 0) is 19.9 Å². The fourth-order valence-electron chi connectivity index (χ4n) is 1.74. The first-order valence-electron chi connectivity index (χ1n) is 5.87. The molecule has 0 saturated carbocycles. The Bertz CT molecular complexity index is 445. The van der Waals surface area contributed by atoms with Crippen LogP contribution in [0.4, 0.5) is 0 Å². The van der Waals surface area contributed by atoms with E-state index >= 15 is 0 Å². The van der Waals surface area contributed by atoms with Crippen molar-refractivity contribution in [1.82, 2.24) is 24.6 Å². The third kappa shape index (κ3) is 2.74. The minimum atomic E-state index is 0.324. The Morgan fingerprint density at radius 1 is 1.29 bits per heavy atom. The van der Waals surface area contributed by atoms with Gasteiger partial charge in [0.15, 0.2) is 0 Å². The Morgan fingerprint density at radius 3 is 2.71 bits per heavy atom. The summed E-state index contributed by atoms with van der Waals surface area (Å²) in [5.41, 5.74) is 0. The summed E-state index contributed by atoms with van der Waals surface area (Å²) in [5, 5.41) is 7.73. The molecule has 2 atom stereocenters. The maximum Gasteiger partial charge on any atom is 0.122 e. The summed E-state index contributed by atoms with van der Waals surface area (Å²) >= 11 is 0. The van der Waals surface area contributed by atoms with E-state index in [-0.39, 0.29) is 0 Å². The summed E-state index contributed by atoms with van der Waals surface area (Å²) in [6.07, 6.45) is 7.57. The van der Waals surface area contributed by atoms with E-state index in [9.17, 15) is 0 Å². The highest BCUT2D eigenvalue weighted by molar-refractivity contribution is 4.91. The van der Waals surface area contributed by atoms with E-state index in [4.69, 9.17) is 0 Å². The van der Waals surface area contributed by atoms with E-state index in [0.29, 0.717) is 12.1 Å². The van der Waals surface area contributed by atoms with Gasteiger partial charge in [0.05, 0.1) is 12.6 Å². The van der Waals surface area contributed by atoms with Crippen LogP contribution in [0.3, 0.4) is 0 Å². The molecule has 5 nitrogen and oxygen atoms in total. The third-order valence-corrected chi connectivity index (χ3v) is 3.17. The molecule has 0 aliphatic rings. The van der Waals surface area contributed by atoms with Crippen molar-refractivity contribution in [3.63, 3.8) is 0 Å². The zero-order valence-electron chi connectivity index (χ0n) is 10.5. The number of aryl methyl sites for hydroxylation is 1. The molecule has 0 radical (unpaired) electrons. The van der Waals surface area contributed by atoms with E-state index in [1.54, 1.807) is 0 Å². The average molecular weight is 233 g/mol. The Labute approximate surface area is 101 Å². The van der Waals surface area contributed by atoms with Gasteiger partial charge in [-0.15, -0.1) is 0 Å². The summed E-state index contributed by atoms with van der Waals surface area (Å²) in [7, 11) is 2.01. The fourth-order valence-corrected chi connectivity index (χ4v) is 1.74. The highest BCUT2D eigenvalue weighted by Gasteiger charge is 2.14. The topological polar surface area (TPSA) is 47.7 Å². The number of aromatic nitrogens is 4. The van der Waals surface area contributed by atoms with Crippen molar-refractivity contribution >= 4 is 0 Å². The number of nitrogens with one attached hydrogen (secondary N) is 1. The second kappa shape index (κ2) is 5.14. The standard InChI is InChI=1S/C12H19N5/c1-10(11(2)17-7-4-5-15-17)14-9-12-13-6-8-16(12)3/h4-8,10-11,14H,9H2,1-3H3. The van der Waals surface area contributed by atoms with Gasteiger partial charge in [0.2, 0.25) is 0 Å². The van der Waals surface area contributed by atoms with Crippen LogP contribution in [0.25, 0.3) is 0 Å². The molecule has 0 bridgehead atoms. The van der Waals surface area contributed by atoms with Crippen LogP contribution < -0.4 is 5.32 Å². The molecule has 2 unspecified atom stereocenters. The first-order valence-corrected chi connectivity index (χ1v) is 5.87. The van der Waals surface area contributed by atoms with Gasteiger partial charge in [-0.3, -0.25) is 4.68 Å². The molecule has 0 saturated heterocycles. The van der Waals surface area contributed by atoms with Crippen LogP contribution in [0, 0.1) is 0 Å². The molecule has 0 aliphatic heterocycles. The van der Waals surface area contributed by atoms with Crippen molar-refractivity contribution in [2.45, 2.75) is 32.5 Å². The predicted octanol–water partition coefficient (Wildman–Crippen LogP) is 1.36. The average Bonchev–Trinajstić information content (AvgIpc) is 2.96. The van der Waals surface area contributed by atoms with E-state index in [1.807, 2.05) is 47.2 Å². The van der Waals surface area contributed by atoms with Crippen LogP contribution in [0.2, 0.25) is 0 Å². The van der Waals surface area contributed by atoms with Crippen LogP contribution >= 0.6 is 0 Å². The minimum absolute atomic E-state index is 0.324. The van der Waals surface area contributed by atoms with Gasteiger partial charge in [0.25, 0.3) is 0 Å². The van der Waals surface area contributed by atoms with Crippen LogP contribution in [-0.2, 0) is 13.6 Å². The van der Waals surface area contributed by atoms with E-state index in [2.05, 4.69) is 29.2 Å². The number of imidazole rings is 1. The largest absolute Gasteiger partial charge is 0.337 e. The molecule has 0 aromatic carbocycles. The molecule has 2 aromatic rings. The molecule has 0 aliphatic carbocycles. The monoisotopic (exact) mass is 233 g/mol. The van der Waals surface area contributed by atoms with Gasteiger partial charge in [0.1, 0.15) is 5.82 Å². The zero-order chi connectivity index (χ0) is 12.3. The predicted molar refractivity (Wildman–Crippen MR) is 66.4 cm³/mol. The Morgan fingerprint density at radius 2 is 2.12 bits per heavy atom. The van der Waals surface area contributed by atoms with Crippen LogP contribution in [0.5, 0.6) is 0 Å². The molecule has 17 heavy (non-hydrogen) atoms. The smallest absolute Gasteiger partial charge is 0.122 e. The van der Waals surface area contributed by atoms with Crippen molar-refractivity contribution in [1.29, 1.82) is 0 Å². The molecule has 2 aromatic heterocycles. The van der Waals surface area contributed by atoms with E-state index in [1.165, 1.54) is 0 Å². The summed E-state index contributed by atoms with van der Waals surface area (Å²) in [6.45, 7) is 5.09. The van der Waals surface area contributed by atoms with E-state index < -0.39 is 0 Å². The third-order valence-electron chi connectivity index (χ3n) is 3.17. The fraction of sp³-hybridized carbons (Fsp3) is 0.500. The lowest BCUT2D eigenvalue weighted by molar-refractivity contribution is 0.361. The molecule has 2 rings (SSSR count). The van der Waals surface area contributed by atoms with Gasteiger partial charge in [-0.1, -0.05) is 0 Å². The van der Waals surface area contributed by atoms with Gasteiger partial charge in [0, 0.05) is 37.9 Å². The molecule has 0 fully saturated rings. The van der Waals surface area contributed by atoms with Crippen LogP contribution in [-0.4, -0.2) is 25.4 Å². The van der Waals surface area contributed by atoms with Gasteiger partial charge < -0.3 is 9.88 Å². The lowest BCUT2D eigenvalue weighted by Gasteiger charge is -2.21. The Hall–Kier alpha value is -1.62. The van der Waals surface area contributed by atoms with Crippen molar-refractivity contribution in [3.05, 3.63) is 36.7 Å². The first-order chi connectivity index (χ1) is 8.18. The number of hydrogen-bond acceptors (Lipinski definition) is 3. The van der Waals surface area contributed by atoms with Crippen molar-refractivity contribution < 1.29 is 0 Å². The number of hydrogen-bond donors (Lipinski definition) is 1. The Balaban J connectivity index is 1.89. The van der Waals surface area contributed by atoms with Gasteiger partial charge >= 0.3 is 0 Å². The SMILES string of the molecule is CC(NCc1nccn1C)C(C)n1cccn1.